The Bertz CT molecular complexity index is 250. The molecule has 0 bridgehead atoms. The van der Waals surface area contributed by atoms with Crippen molar-refractivity contribution in [2.24, 2.45) is 5.41 Å². The van der Waals surface area contributed by atoms with E-state index in [1.807, 2.05) is 0 Å². The van der Waals surface area contributed by atoms with Crippen LogP contribution in [0.4, 0.5) is 8.78 Å². The summed E-state index contributed by atoms with van der Waals surface area (Å²) in [4.78, 5) is 0. The molecule has 0 saturated heterocycles. The monoisotopic (exact) mass is 234 g/mol. The summed E-state index contributed by atoms with van der Waals surface area (Å²) in [5.41, 5.74) is -1.58. The summed E-state index contributed by atoms with van der Waals surface area (Å²) in [5, 5.41) is 20.1. The predicted octanol–water partition coefficient (Wildman–Crippen LogP) is 2.48. The summed E-state index contributed by atoms with van der Waals surface area (Å²) in [6.07, 6.45) is 3.27. The van der Waals surface area contributed by atoms with Crippen molar-refractivity contribution in [3.05, 3.63) is 0 Å². The highest BCUT2D eigenvalue weighted by Crippen LogP contribution is 2.54. The van der Waals surface area contributed by atoms with E-state index in [-0.39, 0.29) is 32.3 Å². The standard InChI is InChI=1S/C12H20F2O2/c13-12(14)7-5-10(9-15,6-8-12)11(16)3-1-2-4-11/h15-16H,1-9H2. The van der Waals surface area contributed by atoms with Crippen molar-refractivity contribution < 1.29 is 19.0 Å². The molecule has 0 amide bonds. The first-order valence-electron chi connectivity index (χ1n) is 6.14. The van der Waals surface area contributed by atoms with Gasteiger partial charge in [0.15, 0.2) is 0 Å². The van der Waals surface area contributed by atoms with Crippen LogP contribution in [0, 0.1) is 5.41 Å². The summed E-state index contributed by atoms with van der Waals surface area (Å²) in [6, 6.07) is 0. The number of aliphatic hydroxyl groups is 2. The fourth-order valence-corrected chi connectivity index (χ4v) is 3.36. The smallest absolute Gasteiger partial charge is 0.248 e. The summed E-state index contributed by atoms with van der Waals surface area (Å²) in [6.45, 7) is -0.167. The number of hydrogen-bond donors (Lipinski definition) is 2. The number of halogens is 2. The summed E-state index contributed by atoms with van der Waals surface area (Å²) in [5.74, 6) is -2.60. The van der Waals surface area contributed by atoms with E-state index in [4.69, 9.17) is 0 Å². The van der Waals surface area contributed by atoms with Crippen LogP contribution < -0.4 is 0 Å². The highest BCUT2D eigenvalue weighted by atomic mass is 19.3. The lowest BCUT2D eigenvalue weighted by atomic mass is 9.62. The molecule has 2 saturated carbocycles. The highest BCUT2D eigenvalue weighted by molar-refractivity contribution is 5.04. The zero-order valence-electron chi connectivity index (χ0n) is 9.51. The molecule has 4 heteroatoms. The van der Waals surface area contributed by atoms with E-state index in [9.17, 15) is 19.0 Å². The lowest BCUT2D eigenvalue weighted by Crippen LogP contribution is -2.52. The van der Waals surface area contributed by atoms with E-state index in [0.29, 0.717) is 12.8 Å². The van der Waals surface area contributed by atoms with E-state index in [2.05, 4.69) is 0 Å². The van der Waals surface area contributed by atoms with Gasteiger partial charge in [-0.25, -0.2) is 8.78 Å². The van der Waals surface area contributed by atoms with E-state index in [1.54, 1.807) is 0 Å². The van der Waals surface area contributed by atoms with E-state index in [1.165, 1.54) is 0 Å². The molecule has 0 atom stereocenters. The van der Waals surface area contributed by atoms with Gasteiger partial charge in [0, 0.05) is 18.3 Å². The van der Waals surface area contributed by atoms with Crippen molar-refractivity contribution in [2.75, 3.05) is 6.61 Å². The molecule has 2 fully saturated rings. The average Bonchev–Trinajstić information content (AvgIpc) is 2.67. The lowest BCUT2D eigenvalue weighted by molar-refractivity contribution is -0.161. The Kier molecular flexibility index (Phi) is 2.99. The maximum absolute atomic E-state index is 13.1. The van der Waals surface area contributed by atoms with Crippen LogP contribution in [0.1, 0.15) is 51.4 Å². The molecule has 16 heavy (non-hydrogen) atoms. The van der Waals surface area contributed by atoms with Crippen LogP contribution in [-0.2, 0) is 0 Å². The predicted molar refractivity (Wildman–Crippen MR) is 56.4 cm³/mol. The third kappa shape index (κ3) is 1.86. The Morgan fingerprint density at radius 1 is 0.875 bits per heavy atom. The first-order chi connectivity index (χ1) is 7.43. The number of hydrogen-bond acceptors (Lipinski definition) is 2. The summed E-state index contributed by atoms with van der Waals surface area (Å²) in [7, 11) is 0. The second-order valence-electron chi connectivity index (χ2n) is 5.53. The van der Waals surface area contributed by atoms with Crippen molar-refractivity contribution in [3.63, 3.8) is 0 Å². The third-order valence-electron chi connectivity index (χ3n) is 4.66. The molecule has 0 aliphatic heterocycles. The molecular weight excluding hydrogens is 214 g/mol. The molecule has 0 aromatic carbocycles. The van der Waals surface area contributed by atoms with Crippen molar-refractivity contribution >= 4 is 0 Å². The first kappa shape index (κ1) is 12.2. The van der Waals surface area contributed by atoms with E-state index >= 15 is 0 Å². The number of aliphatic hydroxyl groups excluding tert-OH is 1. The van der Waals surface area contributed by atoms with Gasteiger partial charge in [0.1, 0.15) is 0 Å². The summed E-state index contributed by atoms with van der Waals surface area (Å²) >= 11 is 0. The minimum Gasteiger partial charge on any atom is -0.396 e. The molecule has 94 valence electrons. The second kappa shape index (κ2) is 3.91. The minimum atomic E-state index is -2.60. The molecule has 2 rings (SSSR count). The van der Waals surface area contributed by atoms with Gasteiger partial charge >= 0.3 is 0 Å². The summed E-state index contributed by atoms with van der Waals surface area (Å²) < 4.78 is 26.3. The van der Waals surface area contributed by atoms with Gasteiger partial charge < -0.3 is 10.2 Å². The quantitative estimate of drug-likeness (QED) is 0.770. The minimum absolute atomic E-state index is 0.167. The zero-order chi connectivity index (χ0) is 11.9. The van der Waals surface area contributed by atoms with Crippen LogP contribution in [0.2, 0.25) is 0 Å². The number of rotatable bonds is 2. The SMILES string of the molecule is OCC1(C2(O)CCCC2)CCC(F)(F)CC1. The van der Waals surface area contributed by atoms with Gasteiger partial charge in [-0.3, -0.25) is 0 Å². The second-order valence-corrected chi connectivity index (χ2v) is 5.53. The Morgan fingerprint density at radius 2 is 1.38 bits per heavy atom. The molecule has 0 heterocycles. The van der Waals surface area contributed by atoms with Gasteiger partial charge in [0.2, 0.25) is 5.92 Å². The molecular formula is C12H20F2O2. The molecule has 0 radical (unpaired) electrons. The van der Waals surface area contributed by atoms with Crippen molar-refractivity contribution in [1.29, 1.82) is 0 Å². The maximum Gasteiger partial charge on any atom is 0.248 e. The first-order valence-corrected chi connectivity index (χ1v) is 6.14. The fraction of sp³-hybridized carbons (Fsp3) is 1.00. The molecule has 2 N–H and O–H groups in total. The Morgan fingerprint density at radius 3 is 1.81 bits per heavy atom. The molecule has 0 aromatic heterocycles. The van der Waals surface area contributed by atoms with Gasteiger partial charge in [-0.2, -0.15) is 0 Å². The van der Waals surface area contributed by atoms with Gasteiger partial charge in [-0.15, -0.1) is 0 Å². The molecule has 0 spiro atoms. The van der Waals surface area contributed by atoms with Gasteiger partial charge in [0.25, 0.3) is 0 Å². The molecule has 0 unspecified atom stereocenters. The Hall–Kier alpha value is -0.220. The van der Waals surface area contributed by atoms with Crippen molar-refractivity contribution in [1.82, 2.24) is 0 Å². The van der Waals surface area contributed by atoms with Gasteiger partial charge in [-0.1, -0.05) is 12.8 Å². The molecule has 2 aliphatic carbocycles. The normalized spacial score (nSPS) is 31.5. The molecule has 0 aromatic rings. The van der Waals surface area contributed by atoms with Gasteiger partial charge in [-0.05, 0) is 25.7 Å². The van der Waals surface area contributed by atoms with Crippen LogP contribution in [0.25, 0.3) is 0 Å². The van der Waals surface area contributed by atoms with Crippen molar-refractivity contribution in [2.45, 2.75) is 62.9 Å². The maximum atomic E-state index is 13.1. The average molecular weight is 234 g/mol. The van der Waals surface area contributed by atoms with Crippen LogP contribution in [0.15, 0.2) is 0 Å². The van der Waals surface area contributed by atoms with Crippen LogP contribution in [0.3, 0.4) is 0 Å². The van der Waals surface area contributed by atoms with Crippen LogP contribution >= 0.6 is 0 Å². The fourth-order valence-electron chi connectivity index (χ4n) is 3.36. The van der Waals surface area contributed by atoms with Crippen LogP contribution in [0.5, 0.6) is 0 Å². The third-order valence-corrected chi connectivity index (χ3v) is 4.66. The number of alkyl halides is 2. The molecule has 2 nitrogen and oxygen atoms in total. The zero-order valence-corrected chi connectivity index (χ0v) is 9.51. The van der Waals surface area contributed by atoms with E-state index in [0.717, 1.165) is 12.8 Å². The van der Waals surface area contributed by atoms with E-state index < -0.39 is 16.9 Å². The van der Waals surface area contributed by atoms with Crippen molar-refractivity contribution in [3.8, 4) is 0 Å². The van der Waals surface area contributed by atoms with Crippen LogP contribution in [-0.4, -0.2) is 28.3 Å². The Balaban J connectivity index is 2.15. The topological polar surface area (TPSA) is 40.5 Å². The molecule has 2 aliphatic rings. The van der Waals surface area contributed by atoms with Gasteiger partial charge in [0.05, 0.1) is 12.2 Å². The lowest BCUT2D eigenvalue weighted by Gasteiger charge is -2.48. The highest BCUT2D eigenvalue weighted by Gasteiger charge is 2.55. The largest absolute Gasteiger partial charge is 0.396 e. The Labute approximate surface area is 94.7 Å².